The van der Waals surface area contributed by atoms with Crippen molar-refractivity contribution in [2.45, 2.75) is 31.7 Å². The van der Waals surface area contributed by atoms with Crippen molar-refractivity contribution in [1.29, 1.82) is 0 Å². The van der Waals surface area contributed by atoms with E-state index >= 15 is 0 Å². The zero-order valence-corrected chi connectivity index (χ0v) is 18.5. The molecule has 1 aliphatic rings. The minimum Gasteiger partial charge on any atom is -0.349 e. The van der Waals surface area contributed by atoms with E-state index in [1.165, 1.54) is 0 Å². The van der Waals surface area contributed by atoms with Crippen LogP contribution in [0.15, 0.2) is 66.7 Å². The molecule has 3 N–H and O–H groups in total. The largest absolute Gasteiger partial charge is 0.349 e. The summed E-state index contributed by atoms with van der Waals surface area (Å²) in [6, 6.07) is 20.3. The molecule has 34 heavy (non-hydrogen) atoms. The van der Waals surface area contributed by atoms with Crippen molar-refractivity contribution >= 4 is 28.8 Å². The molecule has 0 unspecified atom stereocenters. The molecule has 7 nitrogen and oxygen atoms in total. The number of rotatable bonds is 4. The number of para-hydroxylation sites is 1. The predicted octanol–water partition coefficient (Wildman–Crippen LogP) is 4.28. The number of aromatic amines is 1. The highest BCUT2D eigenvalue weighted by molar-refractivity contribution is 6.07. The first kappa shape index (κ1) is 21.4. The number of benzene rings is 2. The minimum atomic E-state index is -0.417. The van der Waals surface area contributed by atoms with E-state index in [4.69, 9.17) is 0 Å². The van der Waals surface area contributed by atoms with Crippen LogP contribution < -0.4 is 10.6 Å². The summed E-state index contributed by atoms with van der Waals surface area (Å²) in [5.74, 6) is 5.71. The summed E-state index contributed by atoms with van der Waals surface area (Å²) >= 11 is 0. The molecule has 7 heteroatoms. The van der Waals surface area contributed by atoms with E-state index in [0.717, 1.165) is 31.2 Å². The fourth-order valence-corrected chi connectivity index (χ4v) is 4.07. The van der Waals surface area contributed by atoms with Gasteiger partial charge in [0.2, 0.25) is 5.95 Å². The smallest absolute Gasteiger partial charge is 0.276 e. The number of fused-ring (bicyclic) bond motifs is 1. The lowest BCUT2D eigenvalue weighted by molar-refractivity contribution is 0.0938. The zero-order valence-electron chi connectivity index (χ0n) is 18.5. The van der Waals surface area contributed by atoms with Gasteiger partial charge in [-0.1, -0.05) is 49.1 Å². The van der Waals surface area contributed by atoms with Gasteiger partial charge in [0, 0.05) is 11.6 Å². The van der Waals surface area contributed by atoms with Crippen molar-refractivity contribution < 1.29 is 9.59 Å². The standard InChI is InChI=1S/C27H23N5O2/c33-25(29-19-10-4-5-11-19)21-13-7-14-22-24(21)31-27(30-22)32-26(34)23-15-6-12-20(28-23)17-16-18-8-2-1-3-9-18/h1-3,6-9,12-15,19H,4-5,10-11H2,(H,29,33)(H2,30,31,32,34). The van der Waals surface area contributed by atoms with Crippen LogP contribution in [0.2, 0.25) is 0 Å². The molecule has 0 radical (unpaired) electrons. The lowest BCUT2D eigenvalue weighted by Crippen LogP contribution is -2.32. The van der Waals surface area contributed by atoms with Crippen molar-refractivity contribution in [3.63, 3.8) is 0 Å². The van der Waals surface area contributed by atoms with E-state index in [1.807, 2.05) is 36.4 Å². The molecule has 5 rings (SSSR count). The minimum absolute atomic E-state index is 0.145. The van der Waals surface area contributed by atoms with E-state index in [0.29, 0.717) is 22.3 Å². The SMILES string of the molecule is O=C(Nc1nc2c(C(=O)NC3CCCC3)cccc2[nH]1)c1cccc(C#Cc2ccccc2)n1. The van der Waals surface area contributed by atoms with Crippen LogP contribution in [0, 0.1) is 11.8 Å². The average Bonchev–Trinajstić information content (AvgIpc) is 3.52. The summed E-state index contributed by atoms with van der Waals surface area (Å²) in [5, 5.41) is 5.83. The summed E-state index contributed by atoms with van der Waals surface area (Å²) in [6.45, 7) is 0. The molecular formula is C27H23N5O2. The van der Waals surface area contributed by atoms with E-state index in [2.05, 4.69) is 37.4 Å². The van der Waals surface area contributed by atoms with Crippen molar-refractivity contribution in [2.75, 3.05) is 5.32 Å². The number of H-pyrrole nitrogens is 1. The van der Waals surface area contributed by atoms with Gasteiger partial charge in [0.25, 0.3) is 11.8 Å². The van der Waals surface area contributed by atoms with E-state index in [9.17, 15) is 9.59 Å². The summed E-state index contributed by atoms with van der Waals surface area (Å²) in [6.07, 6.45) is 4.29. The number of anilines is 1. The second kappa shape index (κ2) is 9.59. The van der Waals surface area contributed by atoms with Crippen LogP contribution in [0.3, 0.4) is 0 Å². The van der Waals surface area contributed by atoms with Crippen LogP contribution in [-0.2, 0) is 0 Å². The number of nitrogens with one attached hydrogen (secondary N) is 3. The molecule has 0 atom stereocenters. The molecule has 0 spiro atoms. The van der Waals surface area contributed by atoms with Crippen LogP contribution in [0.5, 0.6) is 0 Å². The maximum Gasteiger partial charge on any atom is 0.276 e. The molecule has 2 aromatic heterocycles. The number of imidazole rings is 1. The van der Waals surface area contributed by atoms with Crippen molar-refractivity contribution in [3.8, 4) is 11.8 Å². The van der Waals surface area contributed by atoms with Gasteiger partial charge in [0.05, 0.1) is 11.1 Å². The first-order chi connectivity index (χ1) is 16.7. The summed E-state index contributed by atoms with van der Waals surface area (Å²) in [7, 11) is 0. The normalized spacial score (nSPS) is 13.3. The fourth-order valence-electron chi connectivity index (χ4n) is 4.07. The Kier molecular flexibility index (Phi) is 6.04. The first-order valence-corrected chi connectivity index (χ1v) is 11.3. The zero-order chi connectivity index (χ0) is 23.3. The summed E-state index contributed by atoms with van der Waals surface area (Å²) < 4.78 is 0. The second-order valence-corrected chi connectivity index (χ2v) is 8.22. The van der Waals surface area contributed by atoms with Crippen LogP contribution in [-0.4, -0.2) is 32.8 Å². The number of pyridine rings is 1. The number of aromatic nitrogens is 3. The molecule has 2 amide bonds. The number of carbonyl (C=O) groups excluding carboxylic acids is 2. The molecule has 2 heterocycles. The number of nitrogens with zero attached hydrogens (tertiary/aromatic N) is 2. The number of hydrogen-bond acceptors (Lipinski definition) is 4. The Morgan fingerprint density at radius 3 is 2.47 bits per heavy atom. The molecule has 1 aliphatic carbocycles. The highest BCUT2D eigenvalue weighted by Crippen LogP contribution is 2.22. The van der Waals surface area contributed by atoms with E-state index < -0.39 is 5.91 Å². The molecule has 4 aromatic rings. The van der Waals surface area contributed by atoms with Crippen molar-refractivity contribution in [1.82, 2.24) is 20.3 Å². The lowest BCUT2D eigenvalue weighted by atomic mass is 10.1. The van der Waals surface area contributed by atoms with Crippen LogP contribution in [0.25, 0.3) is 11.0 Å². The van der Waals surface area contributed by atoms with Gasteiger partial charge < -0.3 is 10.3 Å². The van der Waals surface area contributed by atoms with Gasteiger partial charge in [-0.15, -0.1) is 0 Å². The third-order valence-corrected chi connectivity index (χ3v) is 5.77. The molecule has 1 saturated carbocycles. The molecule has 168 valence electrons. The average molecular weight is 450 g/mol. The van der Waals surface area contributed by atoms with Gasteiger partial charge in [-0.05, 0) is 55.2 Å². The van der Waals surface area contributed by atoms with Crippen molar-refractivity contribution in [3.05, 3.63) is 89.2 Å². The van der Waals surface area contributed by atoms with Crippen molar-refractivity contribution in [2.24, 2.45) is 0 Å². The quantitative estimate of drug-likeness (QED) is 0.405. The molecule has 0 saturated heterocycles. The third kappa shape index (κ3) is 4.81. The highest BCUT2D eigenvalue weighted by atomic mass is 16.2. The Morgan fingerprint density at radius 1 is 0.853 bits per heavy atom. The Morgan fingerprint density at radius 2 is 1.65 bits per heavy atom. The number of amides is 2. The molecule has 2 aromatic carbocycles. The van der Waals surface area contributed by atoms with Crippen LogP contribution in [0.1, 0.15) is 57.8 Å². The third-order valence-electron chi connectivity index (χ3n) is 5.77. The molecule has 0 aliphatic heterocycles. The fraction of sp³-hybridized carbons (Fsp3) is 0.185. The van der Waals surface area contributed by atoms with Crippen LogP contribution in [0.4, 0.5) is 5.95 Å². The summed E-state index contributed by atoms with van der Waals surface area (Å²) in [4.78, 5) is 37.5. The first-order valence-electron chi connectivity index (χ1n) is 11.3. The van der Waals surface area contributed by atoms with E-state index in [-0.39, 0.29) is 23.6 Å². The monoisotopic (exact) mass is 449 g/mol. The Hall–Kier alpha value is -4.44. The summed E-state index contributed by atoms with van der Waals surface area (Å²) in [5.41, 5.74) is 3.26. The second-order valence-electron chi connectivity index (χ2n) is 8.22. The maximum atomic E-state index is 12.8. The van der Waals surface area contributed by atoms with Gasteiger partial charge >= 0.3 is 0 Å². The van der Waals surface area contributed by atoms with Gasteiger partial charge in [-0.3, -0.25) is 14.9 Å². The number of hydrogen-bond donors (Lipinski definition) is 3. The van der Waals surface area contributed by atoms with Gasteiger partial charge in [-0.25, -0.2) is 9.97 Å². The highest BCUT2D eigenvalue weighted by Gasteiger charge is 2.20. The maximum absolute atomic E-state index is 12.8. The van der Waals surface area contributed by atoms with Crippen LogP contribution >= 0.6 is 0 Å². The molecule has 0 bridgehead atoms. The van der Waals surface area contributed by atoms with Gasteiger partial charge in [0.15, 0.2) is 0 Å². The lowest BCUT2D eigenvalue weighted by Gasteiger charge is -2.11. The topological polar surface area (TPSA) is 99.8 Å². The Balaban J connectivity index is 1.33. The molecule has 1 fully saturated rings. The van der Waals surface area contributed by atoms with Gasteiger partial charge in [-0.2, -0.15) is 0 Å². The number of carbonyl (C=O) groups is 2. The Bertz CT molecular complexity index is 1410. The van der Waals surface area contributed by atoms with E-state index in [1.54, 1.807) is 30.3 Å². The van der Waals surface area contributed by atoms with Gasteiger partial charge in [0.1, 0.15) is 16.9 Å². The predicted molar refractivity (Wildman–Crippen MR) is 130 cm³/mol. The molecular weight excluding hydrogens is 426 g/mol. The Labute approximate surface area is 197 Å².